The molecule has 1 fully saturated rings. The normalized spacial score (nSPS) is 27.5. The number of hydrogen-bond donors (Lipinski definition) is 2. The average molecular weight is 347 g/mol. The molecule has 2 atom stereocenters. The molecule has 0 spiro atoms. The van der Waals surface area contributed by atoms with Crippen LogP contribution >= 0.6 is 27.5 Å². The fourth-order valence-electron chi connectivity index (χ4n) is 2.49. The molecule has 0 radical (unpaired) electrons. The van der Waals surface area contributed by atoms with Gasteiger partial charge in [-0.3, -0.25) is 4.79 Å². The molecule has 19 heavy (non-hydrogen) atoms. The third-order valence-corrected chi connectivity index (χ3v) is 4.90. The Morgan fingerprint density at radius 2 is 2.32 bits per heavy atom. The van der Waals surface area contributed by atoms with E-state index in [-0.39, 0.29) is 5.91 Å². The van der Waals surface area contributed by atoms with Gasteiger partial charge >= 0.3 is 0 Å². The zero-order valence-electron chi connectivity index (χ0n) is 10.9. The van der Waals surface area contributed by atoms with Gasteiger partial charge < -0.3 is 16.0 Å². The zero-order chi connectivity index (χ0) is 14.2. The van der Waals surface area contributed by atoms with Crippen molar-refractivity contribution >= 4 is 39.1 Å². The fourth-order valence-corrected chi connectivity index (χ4v) is 2.98. The Balaban J connectivity index is 2.27. The van der Waals surface area contributed by atoms with E-state index in [1.54, 1.807) is 6.07 Å². The van der Waals surface area contributed by atoms with Crippen molar-refractivity contribution in [2.45, 2.75) is 24.9 Å². The largest absolute Gasteiger partial charge is 0.370 e. The van der Waals surface area contributed by atoms with E-state index in [4.69, 9.17) is 17.3 Å². The third kappa shape index (κ3) is 2.88. The van der Waals surface area contributed by atoms with Crippen LogP contribution in [0, 0.1) is 0 Å². The molecule has 2 unspecified atom stereocenters. The summed E-state index contributed by atoms with van der Waals surface area (Å²) in [5.74, 6) is -0.324. The standard InChI is InChI=1S/C13H17BrClN3O/c1-8-6-13(12(16)19,7-18(8)2)17-9-3-4-11(15)10(14)5-9/h3-5,8,17H,6-7H2,1-2H3,(H2,16,19). The molecule has 1 aliphatic rings. The van der Waals surface area contributed by atoms with Gasteiger partial charge in [0.15, 0.2) is 0 Å². The van der Waals surface area contributed by atoms with Crippen molar-refractivity contribution in [2.24, 2.45) is 5.73 Å². The average Bonchev–Trinajstić information content (AvgIpc) is 2.61. The van der Waals surface area contributed by atoms with Crippen molar-refractivity contribution < 1.29 is 4.79 Å². The van der Waals surface area contributed by atoms with Crippen LogP contribution in [0.3, 0.4) is 0 Å². The lowest BCUT2D eigenvalue weighted by Gasteiger charge is -2.28. The van der Waals surface area contributed by atoms with E-state index in [1.807, 2.05) is 19.2 Å². The first-order chi connectivity index (χ1) is 8.84. The van der Waals surface area contributed by atoms with E-state index in [0.29, 0.717) is 24.0 Å². The topological polar surface area (TPSA) is 58.4 Å². The van der Waals surface area contributed by atoms with Crippen molar-refractivity contribution in [3.05, 3.63) is 27.7 Å². The van der Waals surface area contributed by atoms with Crippen LogP contribution in [0.25, 0.3) is 0 Å². The van der Waals surface area contributed by atoms with Gasteiger partial charge in [0.25, 0.3) is 0 Å². The molecule has 1 saturated heterocycles. The Hall–Kier alpha value is -0.780. The van der Waals surface area contributed by atoms with Crippen LogP contribution in [0.2, 0.25) is 5.02 Å². The zero-order valence-corrected chi connectivity index (χ0v) is 13.3. The molecule has 4 nitrogen and oxygen atoms in total. The number of primary amides is 1. The molecule has 3 N–H and O–H groups in total. The minimum atomic E-state index is -0.721. The number of anilines is 1. The number of hydrogen-bond acceptors (Lipinski definition) is 3. The predicted octanol–water partition coefficient (Wildman–Crippen LogP) is 2.46. The number of nitrogens with zero attached hydrogens (tertiary/aromatic N) is 1. The molecule has 0 bridgehead atoms. The van der Waals surface area contributed by atoms with Crippen LogP contribution in [0.4, 0.5) is 5.69 Å². The molecule has 1 amide bonds. The highest BCUT2D eigenvalue weighted by atomic mass is 79.9. The van der Waals surface area contributed by atoms with Crippen molar-refractivity contribution in [1.82, 2.24) is 4.90 Å². The molecule has 104 valence electrons. The first-order valence-electron chi connectivity index (χ1n) is 6.07. The lowest BCUT2D eigenvalue weighted by atomic mass is 9.95. The lowest BCUT2D eigenvalue weighted by Crippen LogP contribution is -2.52. The van der Waals surface area contributed by atoms with E-state index in [2.05, 4.69) is 33.1 Å². The predicted molar refractivity (Wildman–Crippen MR) is 81.4 cm³/mol. The SMILES string of the molecule is CC1CC(Nc2ccc(Cl)c(Br)c2)(C(N)=O)CN1C. The molecule has 2 rings (SSSR count). The lowest BCUT2D eigenvalue weighted by molar-refractivity contribution is -0.121. The summed E-state index contributed by atoms with van der Waals surface area (Å²) in [5.41, 5.74) is 5.72. The van der Waals surface area contributed by atoms with Gasteiger partial charge in [-0.25, -0.2) is 0 Å². The van der Waals surface area contributed by atoms with Gasteiger partial charge in [-0.05, 0) is 54.5 Å². The number of amides is 1. The first-order valence-corrected chi connectivity index (χ1v) is 7.24. The molecule has 0 aromatic heterocycles. The van der Waals surface area contributed by atoms with Crippen molar-refractivity contribution in [3.8, 4) is 0 Å². The number of carbonyl (C=O) groups excluding carboxylic acids is 1. The summed E-state index contributed by atoms with van der Waals surface area (Å²) < 4.78 is 0.790. The number of carbonyl (C=O) groups is 1. The molecule has 1 heterocycles. The Labute approximate surface area is 126 Å². The minimum absolute atomic E-state index is 0.316. The quantitative estimate of drug-likeness (QED) is 0.884. The highest BCUT2D eigenvalue weighted by molar-refractivity contribution is 9.10. The number of nitrogens with one attached hydrogen (secondary N) is 1. The molecule has 0 aliphatic carbocycles. The molecule has 1 aromatic carbocycles. The molecule has 1 aromatic rings. The summed E-state index contributed by atoms with van der Waals surface area (Å²) in [6.07, 6.45) is 0.694. The van der Waals surface area contributed by atoms with E-state index in [1.165, 1.54) is 0 Å². The summed E-state index contributed by atoms with van der Waals surface area (Å²) in [4.78, 5) is 14.0. The van der Waals surface area contributed by atoms with E-state index < -0.39 is 5.54 Å². The molecule has 1 aliphatic heterocycles. The summed E-state index contributed by atoms with van der Waals surface area (Å²) in [7, 11) is 1.99. The minimum Gasteiger partial charge on any atom is -0.370 e. The van der Waals surface area contributed by atoms with Crippen LogP contribution in [-0.2, 0) is 4.79 Å². The molecule has 6 heteroatoms. The Morgan fingerprint density at radius 1 is 1.63 bits per heavy atom. The van der Waals surface area contributed by atoms with Gasteiger partial charge in [-0.15, -0.1) is 0 Å². The first kappa shape index (κ1) is 14.6. The second kappa shape index (κ2) is 5.31. The van der Waals surface area contributed by atoms with Gasteiger partial charge in [0, 0.05) is 22.7 Å². The summed E-state index contributed by atoms with van der Waals surface area (Å²) in [6, 6.07) is 5.80. The number of halogens is 2. The van der Waals surface area contributed by atoms with Gasteiger partial charge in [-0.2, -0.15) is 0 Å². The van der Waals surface area contributed by atoms with Gasteiger partial charge in [-0.1, -0.05) is 11.6 Å². The van der Waals surface area contributed by atoms with Crippen LogP contribution in [0.1, 0.15) is 13.3 Å². The smallest absolute Gasteiger partial charge is 0.244 e. The van der Waals surface area contributed by atoms with E-state index in [9.17, 15) is 4.79 Å². The van der Waals surface area contributed by atoms with Crippen molar-refractivity contribution in [2.75, 3.05) is 18.9 Å². The second-order valence-electron chi connectivity index (χ2n) is 5.17. The van der Waals surface area contributed by atoms with Gasteiger partial charge in [0.1, 0.15) is 5.54 Å². The van der Waals surface area contributed by atoms with Gasteiger partial charge in [0.2, 0.25) is 5.91 Å². The van der Waals surface area contributed by atoms with Crippen LogP contribution in [0.5, 0.6) is 0 Å². The second-order valence-corrected chi connectivity index (χ2v) is 6.43. The molecule has 0 saturated carbocycles. The van der Waals surface area contributed by atoms with Gasteiger partial charge in [0.05, 0.1) is 5.02 Å². The Kier molecular flexibility index (Phi) is 4.08. The highest BCUT2D eigenvalue weighted by Crippen LogP contribution is 2.32. The molecular formula is C13H17BrClN3O. The maximum Gasteiger partial charge on any atom is 0.244 e. The van der Waals surface area contributed by atoms with E-state index >= 15 is 0 Å². The van der Waals surface area contributed by atoms with Crippen molar-refractivity contribution in [3.63, 3.8) is 0 Å². The highest BCUT2D eigenvalue weighted by Gasteiger charge is 2.45. The van der Waals surface area contributed by atoms with Crippen molar-refractivity contribution in [1.29, 1.82) is 0 Å². The Bertz CT molecular complexity index is 499. The van der Waals surface area contributed by atoms with Crippen LogP contribution < -0.4 is 11.1 Å². The number of nitrogens with two attached hydrogens (primary N) is 1. The number of likely N-dealkylation sites (tertiary alicyclic amines) is 1. The number of likely N-dealkylation sites (N-methyl/N-ethyl adjacent to an activating group) is 1. The van der Waals surface area contributed by atoms with Crippen LogP contribution in [0.15, 0.2) is 22.7 Å². The summed E-state index contributed by atoms with van der Waals surface area (Å²) in [5, 5.41) is 3.91. The maximum absolute atomic E-state index is 11.9. The molecular weight excluding hydrogens is 330 g/mol. The monoisotopic (exact) mass is 345 g/mol. The summed E-state index contributed by atoms with van der Waals surface area (Å²) in [6.45, 7) is 2.69. The number of benzene rings is 1. The fraction of sp³-hybridized carbons (Fsp3) is 0.462. The van der Waals surface area contributed by atoms with E-state index in [0.717, 1.165) is 10.2 Å². The maximum atomic E-state index is 11.9. The number of rotatable bonds is 3. The van der Waals surface area contributed by atoms with Crippen LogP contribution in [-0.4, -0.2) is 36.0 Å². The summed E-state index contributed by atoms with van der Waals surface area (Å²) >= 11 is 9.34. The Morgan fingerprint density at radius 3 is 2.79 bits per heavy atom. The third-order valence-electron chi connectivity index (χ3n) is 3.69.